The first-order valence-electron chi connectivity index (χ1n) is 3.23. The molecule has 0 saturated carbocycles. The molecule has 0 aliphatic rings. The topological polar surface area (TPSA) is 12.4 Å². The molecule has 0 aromatic carbocycles. The van der Waals surface area contributed by atoms with Gasteiger partial charge in [0.25, 0.3) is 0 Å². The molecule has 1 nitrogen and oxygen atoms in total. The summed E-state index contributed by atoms with van der Waals surface area (Å²) < 4.78 is 0. The summed E-state index contributed by atoms with van der Waals surface area (Å²) in [5.74, 6) is 0. The zero-order valence-corrected chi connectivity index (χ0v) is 6.68. The Morgan fingerprint density at radius 3 is 2.11 bits per heavy atom. The Balaban J connectivity index is 3.71. The van der Waals surface area contributed by atoms with Crippen molar-refractivity contribution in [1.29, 1.82) is 0 Å². The summed E-state index contributed by atoms with van der Waals surface area (Å²) in [5, 5.41) is 0. The van der Waals surface area contributed by atoms with Crippen LogP contribution in [0.25, 0.3) is 0 Å². The van der Waals surface area contributed by atoms with E-state index in [1.807, 2.05) is 25.3 Å². The number of allylic oxidation sites excluding steroid dienone is 2. The third kappa shape index (κ3) is 7.41. The number of aliphatic imine (C=N–C) groups is 1. The fourth-order valence-corrected chi connectivity index (χ4v) is 0.353. The number of hydrogen-bond acceptors (Lipinski definition) is 1. The van der Waals surface area contributed by atoms with E-state index in [2.05, 4.69) is 25.8 Å². The van der Waals surface area contributed by atoms with Crippen LogP contribution in [0.2, 0.25) is 0 Å². The molecule has 0 N–H and O–H groups in total. The number of nitrogens with zero attached hydrogens (tertiary/aromatic N) is 1. The third-order valence-electron chi connectivity index (χ3n) is 0.740. The second-order valence-electron chi connectivity index (χ2n) is 2.97. The first kappa shape index (κ1) is 8.41. The van der Waals surface area contributed by atoms with E-state index < -0.39 is 0 Å². The summed E-state index contributed by atoms with van der Waals surface area (Å²) in [4.78, 5) is 4.23. The van der Waals surface area contributed by atoms with Crippen molar-refractivity contribution in [3.05, 3.63) is 12.2 Å². The lowest BCUT2D eigenvalue weighted by Crippen LogP contribution is -2.08. The van der Waals surface area contributed by atoms with E-state index in [4.69, 9.17) is 0 Å². The molecule has 52 valence electrons. The van der Waals surface area contributed by atoms with Gasteiger partial charge in [-0.15, -0.1) is 0 Å². The van der Waals surface area contributed by atoms with Crippen LogP contribution in [-0.2, 0) is 0 Å². The zero-order valence-electron chi connectivity index (χ0n) is 6.68. The van der Waals surface area contributed by atoms with Gasteiger partial charge in [-0.05, 0) is 33.8 Å². The van der Waals surface area contributed by atoms with Crippen LogP contribution in [0.3, 0.4) is 0 Å². The van der Waals surface area contributed by atoms with Crippen LogP contribution in [-0.4, -0.2) is 11.8 Å². The molecule has 0 heterocycles. The molecular formula is C8H15N. The van der Waals surface area contributed by atoms with Crippen molar-refractivity contribution in [3.63, 3.8) is 0 Å². The molecule has 0 aliphatic heterocycles. The highest BCUT2D eigenvalue weighted by Crippen LogP contribution is 2.03. The molecule has 9 heavy (non-hydrogen) atoms. The monoisotopic (exact) mass is 125 g/mol. The highest BCUT2D eigenvalue weighted by Gasteiger charge is 2.02. The Bertz CT molecular complexity index is 115. The minimum Gasteiger partial charge on any atom is -0.287 e. The summed E-state index contributed by atoms with van der Waals surface area (Å²) in [6.07, 6.45) is 5.74. The minimum absolute atomic E-state index is 0.0690. The molecule has 0 bridgehead atoms. The van der Waals surface area contributed by atoms with Crippen molar-refractivity contribution >= 4 is 6.21 Å². The van der Waals surface area contributed by atoms with Gasteiger partial charge < -0.3 is 0 Å². The third-order valence-corrected chi connectivity index (χ3v) is 0.740. The Morgan fingerprint density at radius 1 is 1.22 bits per heavy atom. The van der Waals surface area contributed by atoms with Crippen LogP contribution in [0.4, 0.5) is 0 Å². The highest BCUT2D eigenvalue weighted by molar-refractivity contribution is 5.71. The van der Waals surface area contributed by atoms with Crippen LogP contribution in [0.15, 0.2) is 17.1 Å². The maximum atomic E-state index is 4.23. The van der Waals surface area contributed by atoms with Crippen molar-refractivity contribution in [2.45, 2.75) is 33.2 Å². The first-order valence-corrected chi connectivity index (χ1v) is 3.23. The van der Waals surface area contributed by atoms with Crippen molar-refractivity contribution in [1.82, 2.24) is 0 Å². The van der Waals surface area contributed by atoms with Crippen LogP contribution in [0.5, 0.6) is 0 Å². The van der Waals surface area contributed by atoms with Gasteiger partial charge >= 0.3 is 0 Å². The number of hydrogen-bond donors (Lipinski definition) is 0. The average molecular weight is 125 g/mol. The molecular weight excluding hydrogens is 110 g/mol. The van der Waals surface area contributed by atoms with Gasteiger partial charge in [-0.25, -0.2) is 0 Å². The lowest BCUT2D eigenvalue weighted by atomic mass is 10.1. The minimum atomic E-state index is 0.0690. The fourth-order valence-electron chi connectivity index (χ4n) is 0.353. The lowest BCUT2D eigenvalue weighted by molar-refractivity contribution is 0.587. The molecule has 1 heteroatoms. The molecule has 0 rings (SSSR count). The van der Waals surface area contributed by atoms with Crippen molar-refractivity contribution < 1.29 is 0 Å². The van der Waals surface area contributed by atoms with E-state index in [9.17, 15) is 0 Å². The van der Waals surface area contributed by atoms with Crippen molar-refractivity contribution in [2.24, 2.45) is 4.99 Å². The summed E-state index contributed by atoms with van der Waals surface area (Å²) >= 11 is 0. The van der Waals surface area contributed by atoms with E-state index in [0.717, 1.165) is 0 Å². The van der Waals surface area contributed by atoms with E-state index in [-0.39, 0.29) is 5.54 Å². The molecule has 0 unspecified atom stereocenters. The van der Waals surface area contributed by atoms with Crippen LogP contribution >= 0.6 is 0 Å². The molecule has 0 aromatic heterocycles. The summed E-state index contributed by atoms with van der Waals surface area (Å²) in [7, 11) is 0. The molecule has 0 atom stereocenters. The van der Waals surface area contributed by atoms with Gasteiger partial charge in [-0.2, -0.15) is 0 Å². The van der Waals surface area contributed by atoms with Gasteiger partial charge in [0.1, 0.15) is 0 Å². The van der Waals surface area contributed by atoms with Crippen LogP contribution < -0.4 is 0 Å². The van der Waals surface area contributed by atoms with E-state index in [1.165, 1.54) is 0 Å². The molecule has 0 radical (unpaired) electrons. The molecule has 0 fully saturated rings. The van der Waals surface area contributed by atoms with Gasteiger partial charge in [0, 0.05) is 6.21 Å². The quantitative estimate of drug-likeness (QED) is 0.477. The Labute approximate surface area is 57.5 Å². The fraction of sp³-hybridized carbons (Fsp3) is 0.625. The molecule has 0 saturated heterocycles. The summed E-state index contributed by atoms with van der Waals surface area (Å²) in [6.45, 7) is 8.21. The Morgan fingerprint density at radius 2 is 1.78 bits per heavy atom. The molecule has 0 aliphatic carbocycles. The molecule has 0 spiro atoms. The summed E-state index contributed by atoms with van der Waals surface area (Å²) in [5.41, 5.74) is 0.0690. The van der Waals surface area contributed by atoms with Gasteiger partial charge in [-0.1, -0.05) is 6.08 Å². The maximum absolute atomic E-state index is 4.23. The molecule has 0 amide bonds. The maximum Gasteiger partial charge on any atom is 0.0524 e. The molecule has 0 aromatic rings. The zero-order chi connectivity index (χ0) is 7.33. The van der Waals surface area contributed by atoms with Gasteiger partial charge in [0.2, 0.25) is 0 Å². The van der Waals surface area contributed by atoms with Crippen LogP contribution in [0, 0.1) is 0 Å². The van der Waals surface area contributed by atoms with E-state index in [1.54, 1.807) is 0 Å². The van der Waals surface area contributed by atoms with E-state index >= 15 is 0 Å². The second-order valence-corrected chi connectivity index (χ2v) is 2.97. The van der Waals surface area contributed by atoms with Crippen molar-refractivity contribution in [3.8, 4) is 0 Å². The average Bonchev–Trinajstić information content (AvgIpc) is 1.63. The van der Waals surface area contributed by atoms with Gasteiger partial charge in [0.05, 0.1) is 5.54 Å². The largest absolute Gasteiger partial charge is 0.287 e. The lowest BCUT2D eigenvalue weighted by Gasteiger charge is -2.09. The summed E-state index contributed by atoms with van der Waals surface area (Å²) in [6, 6.07) is 0. The van der Waals surface area contributed by atoms with E-state index in [0.29, 0.717) is 0 Å². The SMILES string of the molecule is C/C=C/C=N\C(C)(C)C. The van der Waals surface area contributed by atoms with Gasteiger partial charge in [0.15, 0.2) is 0 Å². The Hall–Kier alpha value is -0.590. The number of rotatable bonds is 1. The first-order chi connectivity index (χ1) is 4.06. The normalized spacial score (nSPS) is 13.8. The smallest absolute Gasteiger partial charge is 0.0524 e. The van der Waals surface area contributed by atoms with Crippen molar-refractivity contribution in [2.75, 3.05) is 0 Å². The van der Waals surface area contributed by atoms with Gasteiger partial charge in [-0.3, -0.25) is 4.99 Å². The Kier molecular flexibility index (Phi) is 3.21. The predicted octanol–water partition coefficient (Wildman–Crippen LogP) is 2.43. The highest BCUT2D eigenvalue weighted by atomic mass is 14.8. The second kappa shape index (κ2) is 3.44. The standard InChI is InChI=1S/C8H15N/c1-5-6-7-9-8(2,3)4/h5-7H,1-4H3/b6-5+,9-7-. The van der Waals surface area contributed by atoms with Crippen LogP contribution in [0.1, 0.15) is 27.7 Å². The predicted molar refractivity (Wildman–Crippen MR) is 43.1 cm³/mol.